The lowest BCUT2D eigenvalue weighted by Crippen LogP contribution is -1.86. The molecule has 0 amide bonds. The van der Waals surface area contributed by atoms with Crippen LogP contribution in [-0.4, -0.2) is 0 Å². The predicted octanol–water partition coefficient (Wildman–Crippen LogP) is 3.57. The van der Waals surface area contributed by atoms with Gasteiger partial charge in [0.2, 0.25) is 0 Å². The quantitative estimate of drug-likeness (QED) is 0.497. The second kappa shape index (κ2) is 6.05. The maximum absolute atomic E-state index is 3.75. The predicted molar refractivity (Wildman–Crippen MR) is 62.1 cm³/mol. The van der Waals surface area contributed by atoms with Crippen LogP contribution in [0.15, 0.2) is 36.9 Å². The molecule has 0 heterocycles. The Bertz CT molecular complexity index is 350. The summed E-state index contributed by atoms with van der Waals surface area (Å²) in [6, 6.07) is 8.26. The highest BCUT2D eigenvalue weighted by Crippen LogP contribution is 2.08. The van der Waals surface area contributed by atoms with Crippen LogP contribution in [-0.2, 0) is 6.42 Å². The van der Waals surface area contributed by atoms with E-state index in [0.717, 1.165) is 24.8 Å². The molecule has 1 rings (SSSR count). The first-order valence-electron chi connectivity index (χ1n) is 5.06. The fourth-order valence-electron chi connectivity index (χ4n) is 1.26. The standard InChI is InChI=1S/C14H16/c1-3-5-6-10-14-12-8-7-11-13(14)9-4-2/h4,7-8,11-12H,2-3,5,9H2,1H3. The zero-order valence-corrected chi connectivity index (χ0v) is 8.72. The van der Waals surface area contributed by atoms with E-state index >= 15 is 0 Å². The first-order valence-corrected chi connectivity index (χ1v) is 5.06. The van der Waals surface area contributed by atoms with Gasteiger partial charge in [-0.15, -0.1) is 6.58 Å². The van der Waals surface area contributed by atoms with Crippen molar-refractivity contribution in [1.82, 2.24) is 0 Å². The van der Waals surface area contributed by atoms with Gasteiger partial charge in [-0.3, -0.25) is 0 Å². The smallest absolute Gasteiger partial charge is 0.0280 e. The van der Waals surface area contributed by atoms with Gasteiger partial charge in [0.1, 0.15) is 0 Å². The molecule has 0 saturated carbocycles. The highest BCUT2D eigenvalue weighted by molar-refractivity contribution is 5.42. The van der Waals surface area contributed by atoms with Gasteiger partial charge in [0.05, 0.1) is 0 Å². The summed E-state index contributed by atoms with van der Waals surface area (Å²) >= 11 is 0. The zero-order chi connectivity index (χ0) is 10.2. The number of benzene rings is 1. The number of rotatable bonds is 3. The van der Waals surface area contributed by atoms with Crippen molar-refractivity contribution < 1.29 is 0 Å². The van der Waals surface area contributed by atoms with Crippen LogP contribution in [0.25, 0.3) is 0 Å². The summed E-state index contributed by atoms with van der Waals surface area (Å²) in [6.45, 7) is 5.89. The number of hydrogen-bond acceptors (Lipinski definition) is 0. The van der Waals surface area contributed by atoms with Gasteiger partial charge >= 0.3 is 0 Å². The van der Waals surface area contributed by atoms with Crippen LogP contribution in [0.4, 0.5) is 0 Å². The van der Waals surface area contributed by atoms with E-state index < -0.39 is 0 Å². The molecular weight excluding hydrogens is 168 g/mol. The molecule has 14 heavy (non-hydrogen) atoms. The van der Waals surface area contributed by atoms with Crippen molar-refractivity contribution in [3.8, 4) is 11.8 Å². The minimum Gasteiger partial charge on any atom is -0.103 e. The summed E-state index contributed by atoms with van der Waals surface area (Å²) < 4.78 is 0. The lowest BCUT2D eigenvalue weighted by molar-refractivity contribution is 0.983. The van der Waals surface area contributed by atoms with Gasteiger partial charge in [-0.25, -0.2) is 0 Å². The van der Waals surface area contributed by atoms with Crippen molar-refractivity contribution in [3.05, 3.63) is 48.0 Å². The van der Waals surface area contributed by atoms with Gasteiger partial charge in [-0.1, -0.05) is 43.0 Å². The SMILES string of the molecule is C=CCc1ccccc1C#CCCC. The Morgan fingerprint density at radius 2 is 2.14 bits per heavy atom. The van der Waals surface area contributed by atoms with E-state index in [9.17, 15) is 0 Å². The first-order chi connectivity index (χ1) is 6.88. The van der Waals surface area contributed by atoms with Crippen LogP contribution in [0.3, 0.4) is 0 Å². The largest absolute Gasteiger partial charge is 0.103 e. The molecule has 0 spiro atoms. The van der Waals surface area contributed by atoms with E-state index in [1.54, 1.807) is 0 Å². The number of unbranched alkanes of at least 4 members (excludes halogenated alkanes) is 1. The van der Waals surface area contributed by atoms with Gasteiger partial charge in [0, 0.05) is 12.0 Å². The van der Waals surface area contributed by atoms with Crippen LogP contribution in [0.2, 0.25) is 0 Å². The van der Waals surface area contributed by atoms with Gasteiger partial charge < -0.3 is 0 Å². The van der Waals surface area contributed by atoms with Crippen LogP contribution >= 0.6 is 0 Å². The third-order valence-electron chi connectivity index (χ3n) is 1.98. The zero-order valence-electron chi connectivity index (χ0n) is 8.72. The van der Waals surface area contributed by atoms with Crippen molar-refractivity contribution in [3.63, 3.8) is 0 Å². The lowest BCUT2D eigenvalue weighted by atomic mass is 10.0. The molecule has 0 heteroatoms. The average Bonchev–Trinajstić information content (AvgIpc) is 2.21. The molecule has 0 atom stereocenters. The Morgan fingerprint density at radius 3 is 2.86 bits per heavy atom. The monoisotopic (exact) mass is 184 g/mol. The Balaban J connectivity index is 2.85. The van der Waals surface area contributed by atoms with E-state index in [4.69, 9.17) is 0 Å². The Kier molecular flexibility index (Phi) is 4.58. The maximum atomic E-state index is 3.75. The molecule has 1 aromatic carbocycles. The lowest BCUT2D eigenvalue weighted by Gasteiger charge is -1.99. The third kappa shape index (κ3) is 3.11. The Morgan fingerprint density at radius 1 is 1.36 bits per heavy atom. The molecular formula is C14H16. The molecule has 0 aliphatic rings. The van der Waals surface area contributed by atoms with Crippen LogP contribution < -0.4 is 0 Å². The van der Waals surface area contributed by atoms with E-state index in [0.29, 0.717) is 0 Å². The van der Waals surface area contributed by atoms with E-state index in [2.05, 4.69) is 37.5 Å². The molecule has 0 fully saturated rings. The van der Waals surface area contributed by atoms with Crippen LogP contribution in [0.5, 0.6) is 0 Å². The molecule has 0 radical (unpaired) electrons. The Hall–Kier alpha value is -1.48. The number of allylic oxidation sites excluding steroid dienone is 1. The molecule has 0 aliphatic heterocycles. The minimum atomic E-state index is 0.900. The maximum Gasteiger partial charge on any atom is 0.0280 e. The summed E-state index contributed by atoms with van der Waals surface area (Å²) in [5.41, 5.74) is 2.41. The normalized spacial score (nSPS) is 8.93. The fraction of sp³-hybridized carbons (Fsp3) is 0.286. The average molecular weight is 184 g/mol. The van der Waals surface area contributed by atoms with E-state index in [1.165, 1.54) is 5.56 Å². The van der Waals surface area contributed by atoms with E-state index in [1.807, 2.05) is 18.2 Å². The van der Waals surface area contributed by atoms with Gasteiger partial charge in [-0.2, -0.15) is 0 Å². The van der Waals surface area contributed by atoms with Crippen molar-refractivity contribution in [1.29, 1.82) is 0 Å². The third-order valence-corrected chi connectivity index (χ3v) is 1.98. The van der Waals surface area contributed by atoms with Gasteiger partial charge in [0.15, 0.2) is 0 Å². The second-order valence-corrected chi connectivity index (χ2v) is 3.20. The van der Waals surface area contributed by atoms with Crippen LogP contribution in [0.1, 0.15) is 30.9 Å². The first kappa shape index (κ1) is 10.6. The molecule has 1 aromatic rings. The number of hydrogen-bond donors (Lipinski definition) is 0. The molecule has 0 saturated heterocycles. The molecule has 0 nitrogen and oxygen atoms in total. The highest BCUT2D eigenvalue weighted by Gasteiger charge is 1.94. The summed E-state index contributed by atoms with van der Waals surface area (Å²) in [7, 11) is 0. The Labute approximate surface area is 86.7 Å². The molecule has 72 valence electrons. The molecule has 0 unspecified atom stereocenters. The van der Waals surface area contributed by atoms with Gasteiger partial charge in [-0.05, 0) is 24.5 Å². The van der Waals surface area contributed by atoms with Gasteiger partial charge in [0.25, 0.3) is 0 Å². The molecule has 0 aromatic heterocycles. The summed E-state index contributed by atoms with van der Waals surface area (Å²) in [5, 5.41) is 0. The van der Waals surface area contributed by atoms with E-state index in [-0.39, 0.29) is 0 Å². The molecule has 0 N–H and O–H groups in total. The van der Waals surface area contributed by atoms with Crippen molar-refractivity contribution >= 4 is 0 Å². The fourth-order valence-corrected chi connectivity index (χ4v) is 1.26. The second-order valence-electron chi connectivity index (χ2n) is 3.20. The minimum absolute atomic E-state index is 0.900. The van der Waals surface area contributed by atoms with Crippen LogP contribution in [0, 0.1) is 11.8 Å². The molecule has 0 bridgehead atoms. The van der Waals surface area contributed by atoms with Crippen molar-refractivity contribution in [2.24, 2.45) is 0 Å². The summed E-state index contributed by atoms with van der Waals surface area (Å²) in [6.07, 6.45) is 4.91. The highest BCUT2D eigenvalue weighted by atomic mass is 14.0. The van der Waals surface area contributed by atoms with Crippen molar-refractivity contribution in [2.45, 2.75) is 26.2 Å². The van der Waals surface area contributed by atoms with Crippen molar-refractivity contribution in [2.75, 3.05) is 0 Å². The summed E-state index contributed by atoms with van der Waals surface area (Å²) in [5.74, 6) is 6.37. The summed E-state index contributed by atoms with van der Waals surface area (Å²) in [4.78, 5) is 0. The molecule has 0 aliphatic carbocycles. The topological polar surface area (TPSA) is 0 Å².